The second-order valence-corrected chi connectivity index (χ2v) is 8.58. The molecule has 0 saturated heterocycles. The molecule has 2 amide bonds. The minimum absolute atomic E-state index is 0.153. The minimum atomic E-state index is -4.23. The predicted octanol–water partition coefficient (Wildman–Crippen LogP) is 3.50. The van der Waals surface area contributed by atoms with Crippen molar-refractivity contribution in [2.45, 2.75) is 4.90 Å². The summed E-state index contributed by atoms with van der Waals surface area (Å²) >= 11 is 6.04. The molecule has 0 aliphatic rings. The predicted molar refractivity (Wildman–Crippen MR) is 117 cm³/mol. The maximum Gasteiger partial charge on any atom is 0.269 e. The first-order chi connectivity index (χ1) is 15.6. The Morgan fingerprint density at radius 3 is 2.12 bits per heavy atom. The molecule has 3 N–H and O–H groups in total. The van der Waals surface area contributed by atoms with Crippen LogP contribution in [0, 0.1) is 11.6 Å². The fraction of sp³-hybridized carbons (Fsp3) is 0.0476. The molecule has 33 heavy (non-hydrogen) atoms. The number of ether oxygens (including phenoxy) is 1. The van der Waals surface area contributed by atoms with Crippen molar-refractivity contribution >= 4 is 39.1 Å². The van der Waals surface area contributed by atoms with Crippen molar-refractivity contribution in [3.63, 3.8) is 0 Å². The van der Waals surface area contributed by atoms with Crippen LogP contribution in [0.15, 0.2) is 65.6 Å². The Labute approximate surface area is 192 Å². The van der Waals surface area contributed by atoms with Crippen LogP contribution in [0.3, 0.4) is 0 Å². The van der Waals surface area contributed by atoms with Gasteiger partial charge in [0.05, 0.1) is 17.8 Å². The van der Waals surface area contributed by atoms with Gasteiger partial charge >= 0.3 is 0 Å². The number of methoxy groups -OCH3 is 1. The van der Waals surface area contributed by atoms with Crippen LogP contribution >= 0.6 is 11.6 Å². The third-order valence-electron chi connectivity index (χ3n) is 4.25. The number of nitrogens with one attached hydrogen (secondary N) is 3. The molecule has 0 spiro atoms. The van der Waals surface area contributed by atoms with E-state index >= 15 is 0 Å². The highest BCUT2D eigenvalue weighted by Gasteiger charge is 2.22. The second-order valence-electron chi connectivity index (χ2n) is 6.52. The fourth-order valence-corrected chi connectivity index (χ4v) is 4.32. The van der Waals surface area contributed by atoms with E-state index in [-0.39, 0.29) is 27.6 Å². The van der Waals surface area contributed by atoms with Gasteiger partial charge in [0.25, 0.3) is 21.8 Å². The standard InChI is InChI=1S/C21H16ClF2N3O5S/c1-32-18-5-3-2-4-17(18)27-33(30,31)19-10-12(6-7-16(19)22)20(28)25-26-21(29)13-8-14(23)11-15(24)9-13/h2-11,27H,1H3,(H,25,28)(H,26,29). The molecule has 0 aliphatic carbocycles. The normalized spacial score (nSPS) is 10.9. The number of benzene rings is 3. The molecule has 0 aliphatic heterocycles. The summed E-state index contributed by atoms with van der Waals surface area (Å²) in [5, 5.41) is -0.159. The molecule has 0 bridgehead atoms. The van der Waals surface area contributed by atoms with Gasteiger partial charge in [-0.05, 0) is 42.5 Å². The molecular formula is C21H16ClF2N3O5S. The lowest BCUT2D eigenvalue weighted by Gasteiger charge is -2.13. The summed E-state index contributed by atoms with van der Waals surface area (Å²) in [6.07, 6.45) is 0. The van der Waals surface area contributed by atoms with E-state index < -0.39 is 38.4 Å². The monoisotopic (exact) mass is 495 g/mol. The first kappa shape index (κ1) is 24.0. The number of carbonyl (C=O) groups is 2. The zero-order chi connectivity index (χ0) is 24.2. The van der Waals surface area contributed by atoms with Gasteiger partial charge in [-0.15, -0.1) is 0 Å². The van der Waals surface area contributed by atoms with E-state index in [2.05, 4.69) is 4.72 Å². The smallest absolute Gasteiger partial charge is 0.269 e. The molecule has 12 heteroatoms. The van der Waals surface area contributed by atoms with Gasteiger partial charge in [-0.2, -0.15) is 0 Å². The molecule has 0 atom stereocenters. The number of amides is 2. The molecule has 172 valence electrons. The highest BCUT2D eigenvalue weighted by molar-refractivity contribution is 7.92. The van der Waals surface area contributed by atoms with E-state index in [1.54, 1.807) is 18.2 Å². The zero-order valence-electron chi connectivity index (χ0n) is 16.9. The van der Waals surface area contributed by atoms with E-state index in [1.165, 1.54) is 25.3 Å². The van der Waals surface area contributed by atoms with Crippen LogP contribution in [-0.4, -0.2) is 27.3 Å². The number of hydrazine groups is 1. The lowest BCUT2D eigenvalue weighted by molar-refractivity contribution is 0.0846. The van der Waals surface area contributed by atoms with Gasteiger partial charge in [-0.25, -0.2) is 17.2 Å². The van der Waals surface area contributed by atoms with Crippen LogP contribution in [0.1, 0.15) is 20.7 Å². The van der Waals surface area contributed by atoms with Crippen molar-refractivity contribution in [3.8, 4) is 5.75 Å². The average molecular weight is 496 g/mol. The van der Waals surface area contributed by atoms with Crippen molar-refractivity contribution in [2.24, 2.45) is 0 Å². The van der Waals surface area contributed by atoms with Crippen LogP contribution in [0.2, 0.25) is 5.02 Å². The Balaban J connectivity index is 1.78. The molecule has 0 fully saturated rings. The van der Waals surface area contributed by atoms with Crippen molar-refractivity contribution < 1.29 is 31.5 Å². The van der Waals surface area contributed by atoms with Gasteiger partial charge in [-0.3, -0.25) is 25.2 Å². The van der Waals surface area contributed by atoms with Crippen molar-refractivity contribution in [1.82, 2.24) is 10.9 Å². The summed E-state index contributed by atoms with van der Waals surface area (Å²) in [6.45, 7) is 0. The summed E-state index contributed by atoms with van der Waals surface area (Å²) in [4.78, 5) is 24.0. The van der Waals surface area contributed by atoms with Crippen molar-refractivity contribution in [1.29, 1.82) is 0 Å². The number of sulfonamides is 1. The Hall–Kier alpha value is -3.70. The van der Waals surface area contributed by atoms with Gasteiger partial charge in [0.2, 0.25) is 0 Å². The SMILES string of the molecule is COc1ccccc1NS(=O)(=O)c1cc(C(=O)NNC(=O)c2cc(F)cc(F)c2)ccc1Cl. The van der Waals surface area contributed by atoms with Gasteiger partial charge in [0.1, 0.15) is 22.3 Å². The van der Waals surface area contributed by atoms with Gasteiger partial charge in [-0.1, -0.05) is 23.7 Å². The quantitative estimate of drug-likeness (QED) is 0.453. The van der Waals surface area contributed by atoms with Crippen LogP contribution < -0.4 is 20.3 Å². The van der Waals surface area contributed by atoms with E-state index in [0.29, 0.717) is 6.07 Å². The van der Waals surface area contributed by atoms with Gasteiger partial charge in [0, 0.05) is 17.2 Å². The molecule has 3 aromatic rings. The third kappa shape index (κ3) is 5.76. The van der Waals surface area contributed by atoms with E-state index in [4.69, 9.17) is 16.3 Å². The Bertz CT molecular complexity index is 1310. The molecule has 0 heterocycles. The topological polar surface area (TPSA) is 114 Å². The van der Waals surface area contributed by atoms with Crippen molar-refractivity contribution in [2.75, 3.05) is 11.8 Å². The van der Waals surface area contributed by atoms with Crippen LogP contribution in [0.25, 0.3) is 0 Å². The first-order valence-corrected chi connectivity index (χ1v) is 11.0. The number of hydrogen-bond acceptors (Lipinski definition) is 5. The largest absolute Gasteiger partial charge is 0.495 e. The number of rotatable bonds is 6. The third-order valence-corrected chi connectivity index (χ3v) is 6.10. The zero-order valence-corrected chi connectivity index (χ0v) is 18.4. The number of anilines is 1. The summed E-state index contributed by atoms with van der Waals surface area (Å²) in [7, 11) is -2.86. The summed E-state index contributed by atoms with van der Waals surface area (Å²) in [6, 6.07) is 11.8. The average Bonchev–Trinajstić information content (AvgIpc) is 2.76. The molecule has 3 rings (SSSR count). The second kappa shape index (κ2) is 9.84. The molecule has 0 radical (unpaired) electrons. The lowest BCUT2D eigenvalue weighted by atomic mass is 10.2. The summed E-state index contributed by atoms with van der Waals surface area (Å²) in [5.41, 5.74) is 3.66. The molecule has 0 saturated carbocycles. The number of carbonyl (C=O) groups excluding carboxylic acids is 2. The molecule has 0 unspecified atom stereocenters. The Morgan fingerprint density at radius 1 is 0.879 bits per heavy atom. The molecule has 3 aromatic carbocycles. The lowest BCUT2D eigenvalue weighted by Crippen LogP contribution is -2.41. The van der Waals surface area contributed by atoms with E-state index in [1.807, 2.05) is 10.9 Å². The van der Waals surface area contributed by atoms with Crippen molar-refractivity contribution in [3.05, 3.63) is 88.4 Å². The maximum absolute atomic E-state index is 13.3. The molecule has 8 nitrogen and oxygen atoms in total. The number of halogens is 3. The van der Waals surface area contributed by atoms with Crippen LogP contribution in [0.5, 0.6) is 5.75 Å². The van der Waals surface area contributed by atoms with E-state index in [0.717, 1.165) is 18.2 Å². The minimum Gasteiger partial charge on any atom is -0.495 e. The highest BCUT2D eigenvalue weighted by atomic mass is 35.5. The summed E-state index contributed by atoms with van der Waals surface area (Å²) in [5.74, 6) is -3.56. The highest BCUT2D eigenvalue weighted by Crippen LogP contribution is 2.29. The Kier molecular flexibility index (Phi) is 7.14. The first-order valence-electron chi connectivity index (χ1n) is 9.13. The molecular weight excluding hydrogens is 480 g/mol. The fourth-order valence-electron chi connectivity index (χ4n) is 2.72. The Morgan fingerprint density at radius 2 is 1.48 bits per heavy atom. The van der Waals surface area contributed by atoms with Gasteiger partial charge < -0.3 is 4.74 Å². The number of para-hydroxylation sites is 2. The van der Waals surface area contributed by atoms with E-state index in [9.17, 15) is 26.8 Å². The van der Waals surface area contributed by atoms with Crippen LogP contribution in [0.4, 0.5) is 14.5 Å². The van der Waals surface area contributed by atoms with Gasteiger partial charge in [0.15, 0.2) is 0 Å². The maximum atomic E-state index is 13.3. The summed E-state index contributed by atoms with van der Waals surface area (Å²) < 4.78 is 59.7. The molecule has 0 aromatic heterocycles. The van der Waals surface area contributed by atoms with Crippen LogP contribution in [-0.2, 0) is 10.0 Å². The number of hydrogen-bond donors (Lipinski definition) is 3.